The topological polar surface area (TPSA) is 66.7 Å². The van der Waals surface area contributed by atoms with Gasteiger partial charge in [-0.2, -0.15) is 0 Å². The number of piperidine rings is 1. The summed E-state index contributed by atoms with van der Waals surface area (Å²) < 4.78 is 5.35. The van der Waals surface area contributed by atoms with Crippen LogP contribution in [0.2, 0.25) is 0 Å². The molecule has 2 heterocycles. The van der Waals surface area contributed by atoms with Crippen LogP contribution in [0.15, 0.2) is 59.3 Å². The summed E-state index contributed by atoms with van der Waals surface area (Å²) in [6, 6.07) is 16.8. The molecule has 0 radical (unpaired) electrons. The molecule has 1 aromatic heterocycles. The normalized spacial score (nSPS) is 18.2. The molecule has 0 aliphatic carbocycles. The van der Waals surface area contributed by atoms with Crippen molar-refractivity contribution in [3.8, 4) is 11.1 Å². The molecule has 0 spiro atoms. The van der Waals surface area contributed by atoms with Crippen LogP contribution in [0, 0.1) is 19.3 Å². The van der Waals surface area contributed by atoms with Crippen molar-refractivity contribution in [3.05, 3.63) is 77.5 Å². The van der Waals surface area contributed by atoms with E-state index in [1.165, 1.54) is 12.0 Å². The van der Waals surface area contributed by atoms with E-state index in [1.807, 2.05) is 6.07 Å². The highest BCUT2D eigenvalue weighted by Crippen LogP contribution is 2.37. The highest BCUT2D eigenvalue weighted by Gasteiger charge is 2.45. The van der Waals surface area contributed by atoms with Crippen molar-refractivity contribution in [3.63, 3.8) is 0 Å². The molecule has 1 aliphatic heterocycles. The summed E-state index contributed by atoms with van der Waals surface area (Å²) in [5.41, 5.74) is 4.48. The molecule has 0 saturated carbocycles. The summed E-state index contributed by atoms with van der Waals surface area (Å²) in [4.78, 5) is 34.1. The summed E-state index contributed by atoms with van der Waals surface area (Å²) in [7, 11) is 3.57. The van der Waals surface area contributed by atoms with Crippen LogP contribution in [0.4, 0.5) is 0 Å². The van der Waals surface area contributed by atoms with Gasteiger partial charge in [0.05, 0.1) is 11.1 Å². The van der Waals surface area contributed by atoms with Gasteiger partial charge in [0.1, 0.15) is 0 Å². The Morgan fingerprint density at radius 1 is 1.09 bits per heavy atom. The third-order valence-corrected chi connectivity index (χ3v) is 6.48. The summed E-state index contributed by atoms with van der Waals surface area (Å²) in [5.74, 6) is 0.105. The van der Waals surface area contributed by atoms with Gasteiger partial charge in [0.25, 0.3) is 5.91 Å². The molecule has 1 fully saturated rings. The molecule has 0 N–H and O–H groups in total. The van der Waals surface area contributed by atoms with Gasteiger partial charge in [0, 0.05) is 27.2 Å². The minimum Gasteiger partial charge on any atom is -0.438 e. The van der Waals surface area contributed by atoms with Gasteiger partial charge < -0.3 is 14.2 Å². The average molecular weight is 446 g/mol. The number of nitrogens with zero attached hydrogens (tertiary/aromatic N) is 3. The Balaban J connectivity index is 1.65. The zero-order valence-corrected chi connectivity index (χ0v) is 19.8. The molecule has 2 aromatic carbocycles. The monoisotopic (exact) mass is 445 g/mol. The van der Waals surface area contributed by atoms with Gasteiger partial charge in [-0.25, -0.2) is 4.98 Å². The van der Waals surface area contributed by atoms with Crippen molar-refractivity contribution in [1.29, 1.82) is 0 Å². The maximum Gasteiger partial charge on any atom is 0.291 e. The average Bonchev–Trinajstić information content (AvgIpc) is 3.24. The standard InChI is InChI=1S/C27H31N3O3/c1-19-8-5-10-22(14-19)23-11-6-9-21(15-23)16-27(26(32)29(3)4)12-7-13-30(17-27)25(31)24-20(2)28-18-33-24/h5-6,8-11,14-15,18H,7,12-13,16-17H2,1-4H3. The van der Waals surface area contributed by atoms with Crippen LogP contribution in [0.1, 0.15) is 40.2 Å². The number of benzene rings is 2. The predicted molar refractivity (Wildman–Crippen MR) is 128 cm³/mol. The number of likely N-dealkylation sites (tertiary alicyclic amines) is 1. The smallest absolute Gasteiger partial charge is 0.291 e. The molecule has 172 valence electrons. The summed E-state index contributed by atoms with van der Waals surface area (Å²) in [5, 5.41) is 0. The van der Waals surface area contributed by atoms with Crippen LogP contribution in [0.3, 0.4) is 0 Å². The van der Waals surface area contributed by atoms with E-state index in [2.05, 4.69) is 54.4 Å². The second kappa shape index (κ2) is 9.22. The van der Waals surface area contributed by atoms with Gasteiger partial charge in [0.15, 0.2) is 6.39 Å². The van der Waals surface area contributed by atoms with Crippen molar-refractivity contribution >= 4 is 11.8 Å². The second-order valence-electron chi connectivity index (χ2n) is 9.32. The van der Waals surface area contributed by atoms with Crippen LogP contribution in [-0.2, 0) is 11.2 Å². The van der Waals surface area contributed by atoms with Gasteiger partial charge in [-0.15, -0.1) is 0 Å². The lowest BCUT2D eigenvalue weighted by molar-refractivity contribution is -0.142. The number of aromatic nitrogens is 1. The second-order valence-corrected chi connectivity index (χ2v) is 9.32. The molecular formula is C27H31N3O3. The van der Waals surface area contributed by atoms with Gasteiger partial charge in [-0.3, -0.25) is 9.59 Å². The van der Waals surface area contributed by atoms with Crippen molar-refractivity contribution in [2.75, 3.05) is 27.2 Å². The molecule has 33 heavy (non-hydrogen) atoms. The number of hydrogen-bond donors (Lipinski definition) is 0. The van der Waals surface area contributed by atoms with Crippen LogP contribution in [0.25, 0.3) is 11.1 Å². The molecule has 1 aliphatic rings. The molecule has 1 atom stereocenters. The zero-order chi connectivity index (χ0) is 23.6. The quantitative estimate of drug-likeness (QED) is 0.580. The molecule has 6 nitrogen and oxygen atoms in total. The zero-order valence-electron chi connectivity index (χ0n) is 19.8. The molecule has 6 heteroatoms. The van der Waals surface area contributed by atoms with E-state index < -0.39 is 5.41 Å². The van der Waals surface area contributed by atoms with Crippen molar-refractivity contribution in [1.82, 2.24) is 14.8 Å². The Bertz CT molecular complexity index is 1170. The van der Waals surface area contributed by atoms with Crippen molar-refractivity contribution in [2.45, 2.75) is 33.1 Å². The minimum absolute atomic E-state index is 0.0512. The molecular weight excluding hydrogens is 414 g/mol. The SMILES string of the molecule is Cc1cccc(-c2cccc(CC3(C(=O)N(C)C)CCCN(C(=O)c4ocnc4C)C3)c2)c1. The number of carbonyl (C=O) groups is 2. The van der Waals surface area contributed by atoms with Crippen LogP contribution in [-0.4, -0.2) is 53.8 Å². The summed E-state index contributed by atoms with van der Waals surface area (Å²) >= 11 is 0. The first-order valence-electron chi connectivity index (χ1n) is 11.4. The molecule has 2 amide bonds. The fourth-order valence-corrected chi connectivity index (χ4v) is 4.90. The van der Waals surface area contributed by atoms with Gasteiger partial charge in [-0.05, 0) is 49.8 Å². The number of amides is 2. The first kappa shape index (κ1) is 22.8. The molecule has 0 bridgehead atoms. The van der Waals surface area contributed by atoms with Crippen LogP contribution >= 0.6 is 0 Å². The number of rotatable bonds is 5. The number of oxazole rings is 1. The number of aryl methyl sites for hydroxylation is 2. The van der Waals surface area contributed by atoms with Gasteiger partial charge in [-0.1, -0.05) is 54.1 Å². The van der Waals surface area contributed by atoms with Crippen molar-refractivity contribution in [2.24, 2.45) is 5.41 Å². The Hall–Kier alpha value is -3.41. The third kappa shape index (κ3) is 4.70. The lowest BCUT2D eigenvalue weighted by Gasteiger charge is -2.43. The lowest BCUT2D eigenvalue weighted by atomic mass is 9.73. The Labute approximate surface area is 195 Å². The fourth-order valence-electron chi connectivity index (χ4n) is 4.90. The number of carbonyl (C=O) groups excluding carboxylic acids is 2. The Morgan fingerprint density at radius 3 is 2.48 bits per heavy atom. The summed E-state index contributed by atoms with van der Waals surface area (Å²) in [6.45, 7) is 4.81. The molecule has 1 unspecified atom stereocenters. The lowest BCUT2D eigenvalue weighted by Crippen LogP contribution is -2.54. The Morgan fingerprint density at radius 2 is 1.82 bits per heavy atom. The van der Waals surface area contributed by atoms with E-state index in [0.29, 0.717) is 25.2 Å². The first-order valence-corrected chi connectivity index (χ1v) is 11.4. The van der Waals surface area contributed by atoms with Crippen molar-refractivity contribution < 1.29 is 14.0 Å². The summed E-state index contributed by atoms with van der Waals surface area (Å²) in [6.07, 6.45) is 3.36. The van der Waals surface area contributed by atoms with Crippen LogP contribution < -0.4 is 0 Å². The van der Waals surface area contributed by atoms with E-state index in [-0.39, 0.29) is 17.6 Å². The van der Waals surface area contributed by atoms with E-state index in [1.54, 1.807) is 30.8 Å². The molecule has 4 rings (SSSR count). The van der Waals surface area contributed by atoms with E-state index in [0.717, 1.165) is 29.5 Å². The first-order chi connectivity index (χ1) is 15.8. The molecule has 3 aromatic rings. The molecule has 1 saturated heterocycles. The van der Waals surface area contributed by atoms with Crippen LogP contribution in [0.5, 0.6) is 0 Å². The minimum atomic E-state index is -0.684. The fraction of sp³-hybridized carbons (Fsp3) is 0.370. The number of hydrogen-bond acceptors (Lipinski definition) is 4. The van der Waals surface area contributed by atoms with E-state index in [4.69, 9.17) is 4.42 Å². The maximum atomic E-state index is 13.5. The van der Waals surface area contributed by atoms with E-state index in [9.17, 15) is 9.59 Å². The third-order valence-electron chi connectivity index (χ3n) is 6.48. The highest BCUT2D eigenvalue weighted by atomic mass is 16.3. The maximum absolute atomic E-state index is 13.5. The van der Waals surface area contributed by atoms with E-state index >= 15 is 0 Å². The van der Waals surface area contributed by atoms with Gasteiger partial charge in [0.2, 0.25) is 11.7 Å². The van der Waals surface area contributed by atoms with Gasteiger partial charge >= 0.3 is 0 Å². The largest absolute Gasteiger partial charge is 0.438 e. The Kier molecular flexibility index (Phi) is 6.36. The predicted octanol–water partition coefficient (Wildman–Crippen LogP) is 4.51. The highest BCUT2D eigenvalue weighted by molar-refractivity contribution is 5.93.